The Morgan fingerprint density at radius 2 is 1.84 bits per heavy atom. The molecular formula is C23H18F3NO4S. The van der Waals surface area contributed by atoms with Gasteiger partial charge in [-0.3, -0.25) is 4.79 Å². The second-order valence-corrected chi connectivity index (χ2v) is 8.62. The fourth-order valence-corrected chi connectivity index (χ4v) is 5.15. The molecule has 1 atom stereocenters. The number of aromatic carboxylic acids is 1. The molecule has 0 radical (unpaired) electrons. The first-order chi connectivity index (χ1) is 15.1. The van der Waals surface area contributed by atoms with Gasteiger partial charge in [-0.1, -0.05) is 12.1 Å². The largest absolute Gasteiger partial charge is 0.497 e. The van der Waals surface area contributed by atoms with Crippen molar-refractivity contribution in [1.82, 2.24) is 4.57 Å². The number of benzene rings is 2. The number of carbonyl (C=O) groups is 1. The van der Waals surface area contributed by atoms with Gasteiger partial charge in [0.05, 0.1) is 18.4 Å². The number of carboxylic acid groups (broad SMARTS) is 1. The van der Waals surface area contributed by atoms with E-state index in [1.165, 1.54) is 29.5 Å². The van der Waals surface area contributed by atoms with Gasteiger partial charge in [0.25, 0.3) is 0 Å². The van der Waals surface area contributed by atoms with Crippen LogP contribution in [0.1, 0.15) is 38.1 Å². The molecule has 1 aliphatic heterocycles. The lowest BCUT2D eigenvalue weighted by Crippen LogP contribution is -2.24. The average molecular weight is 461 g/mol. The monoisotopic (exact) mass is 461 g/mol. The lowest BCUT2D eigenvalue weighted by molar-refractivity contribution is -0.137. The molecule has 3 aromatic rings. The van der Waals surface area contributed by atoms with Gasteiger partial charge in [-0.15, -0.1) is 11.8 Å². The van der Waals surface area contributed by atoms with Crippen LogP contribution in [0.4, 0.5) is 13.2 Å². The molecule has 1 unspecified atom stereocenters. The van der Waals surface area contributed by atoms with Crippen molar-refractivity contribution in [2.24, 2.45) is 0 Å². The number of thioether (sulfide) groups is 1. The molecule has 0 fully saturated rings. The zero-order valence-electron chi connectivity index (χ0n) is 17.1. The molecule has 32 heavy (non-hydrogen) atoms. The maximum absolute atomic E-state index is 13.4. The summed E-state index contributed by atoms with van der Waals surface area (Å²) in [7, 11) is 1.54. The molecule has 2 heterocycles. The van der Waals surface area contributed by atoms with Crippen LogP contribution in [0.15, 0.2) is 58.2 Å². The highest BCUT2D eigenvalue weighted by Gasteiger charge is 2.34. The van der Waals surface area contributed by atoms with Crippen molar-refractivity contribution in [3.05, 3.63) is 86.8 Å². The third-order valence-corrected chi connectivity index (χ3v) is 6.70. The molecule has 0 bridgehead atoms. The minimum absolute atomic E-state index is 0.144. The highest BCUT2D eigenvalue weighted by Crippen LogP contribution is 2.46. The fourth-order valence-electron chi connectivity index (χ4n) is 3.89. The van der Waals surface area contributed by atoms with Crippen LogP contribution < -0.4 is 10.2 Å². The fraction of sp³-hybridized carbons (Fsp3) is 0.217. The van der Waals surface area contributed by atoms with Crippen LogP contribution in [0.3, 0.4) is 0 Å². The van der Waals surface area contributed by atoms with Gasteiger partial charge in [0.2, 0.25) is 0 Å². The molecular weight excluding hydrogens is 443 g/mol. The minimum atomic E-state index is -4.57. The molecule has 1 aliphatic rings. The molecule has 1 N–H and O–H groups in total. The van der Waals surface area contributed by atoms with Gasteiger partial charge in [-0.2, -0.15) is 13.2 Å². The maximum Gasteiger partial charge on any atom is 0.416 e. The summed E-state index contributed by atoms with van der Waals surface area (Å²) in [5.74, 6) is -0.770. The van der Waals surface area contributed by atoms with E-state index < -0.39 is 28.7 Å². The van der Waals surface area contributed by atoms with Crippen LogP contribution in [-0.2, 0) is 12.6 Å². The summed E-state index contributed by atoms with van der Waals surface area (Å²) in [4.78, 5) is 25.1. The molecule has 9 heteroatoms. The Morgan fingerprint density at radius 1 is 1.16 bits per heavy atom. The van der Waals surface area contributed by atoms with Crippen LogP contribution in [0, 0.1) is 6.92 Å². The molecule has 0 saturated heterocycles. The van der Waals surface area contributed by atoms with Crippen molar-refractivity contribution in [3.8, 4) is 11.4 Å². The summed E-state index contributed by atoms with van der Waals surface area (Å²) in [6.07, 6.45) is -4.42. The lowest BCUT2D eigenvalue weighted by atomic mass is 10.0. The molecule has 4 rings (SSSR count). The van der Waals surface area contributed by atoms with Crippen molar-refractivity contribution in [2.75, 3.05) is 7.11 Å². The number of fused-ring (bicyclic) bond motifs is 3. The van der Waals surface area contributed by atoms with Crippen LogP contribution in [0.5, 0.6) is 5.75 Å². The van der Waals surface area contributed by atoms with E-state index in [9.17, 15) is 27.9 Å². The zero-order valence-corrected chi connectivity index (χ0v) is 17.9. The van der Waals surface area contributed by atoms with Crippen LogP contribution in [0.25, 0.3) is 5.69 Å². The Kier molecular flexibility index (Phi) is 5.54. The summed E-state index contributed by atoms with van der Waals surface area (Å²) in [6, 6.07) is 11.7. The molecule has 0 spiro atoms. The number of halogens is 3. The third kappa shape index (κ3) is 3.88. The van der Waals surface area contributed by atoms with E-state index in [0.29, 0.717) is 16.3 Å². The van der Waals surface area contributed by atoms with E-state index in [1.54, 1.807) is 19.1 Å². The van der Waals surface area contributed by atoms with E-state index in [-0.39, 0.29) is 23.1 Å². The lowest BCUT2D eigenvalue weighted by Gasteiger charge is -2.19. The van der Waals surface area contributed by atoms with Gasteiger partial charge in [-0.05, 0) is 42.8 Å². The summed E-state index contributed by atoms with van der Waals surface area (Å²) in [6.45, 7) is 1.58. The molecule has 1 aromatic heterocycles. The summed E-state index contributed by atoms with van der Waals surface area (Å²) in [5.41, 5.74) is -0.368. The number of ether oxygens (including phenoxy) is 1. The number of carboxylic acids is 1. The molecule has 0 aliphatic carbocycles. The molecule has 166 valence electrons. The topological polar surface area (TPSA) is 68.5 Å². The van der Waals surface area contributed by atoms with Crippen LogP contribution in [0.2, 0.25) is 0 Å². The Labute approximate surface area is 185 Å². The molecule has 0 saturated carbocycles. The van der Waals surface area contributed by atoms with Crippen molar-refractivity contribution in [3.63, 3.8) is 0 Å². The standard InChI is InChI=1S/C23H18F3NO4S/c1-12-9-18(28)21(22(29)30)17-11-20(13-3-6-15(31-2)7-4-13)32-19-8-5-14(23(24,25)26)10-16(19)27(12)17/h3-10,20H,11H2,1-2H3,(H,29,30). The number of aryl methyl sites for hydroxylation is 1. The SMILES string of the molecule is COc1ccc(C2Cc3c(C(=O)O)c(=O)cc(C)n3-c3cc(C(F)(F)F)ccc3S2)cc1. The first-order valence-electron chi connectivity index (χ1n) is 9.61. The second-order valence-electron chi connectivity index (χ2n) is 7.38. The van der Waals surface area contributed by atoms with Crippen molar-refractivity contribution >= 4 is 17.7 Å². The van der Waals surface area contributed by atoms with Gasteiger partial charge in [0.1, 0.15) is 11.3 Å². The van der Waals surface area contributed by atoms with E-state index in [2.05, 4.69) is 0 Å². The van der Waals surface area contributed by atoms with Gasteiger partial charge >= 0.3 is 12.1 Å². The molecule has 0 amide bonds. The number of methoxy groups -OCH3 is 1. The highest BCUT2D eigenvalue weighted by molar-refractivity contribution is 7.99. The van der Waals surface area contributed by atoms with Crippen molar-refractivity contribution in [2.45, 2.75) is 29.7 Å². The summed E-state index contributed by atoms with van der Waals surface area (Å²) < 4.78 is 47.0. The zero-order chi connectivity index (χ0) is 23.2. The Morgan fingerprint density at radius 3 is 2.44 bits per heavy atom. The first kappa shape index (κ1) is 22.0. The van der Waals surface area contributed by atoms with Crippen molar-refractivity contribution in [1.29, 1.82) is 0 Å². The number of pyridine rings is 1. The number of alkyl halides is 3. The van der Waals surface area contributed by atoms with E-state index in [4.69, 9.17) is 4.74 Å². The van der Waals surface area contributed by atoms with Gasteiger partial charge < -0.3 is 14.4 Å². The average Bonchev–Trinajstić information content (AvgIpc) is 2.89. The summed E-state index contributed by atoms with van der Waals surface area (Å²) >= 11 is 1.33. The van der Waals surface area contributed by atoms with Gasteiger partial charge in [0.15, 0.2) is 5.43 Å². The number of nitrogens with zero attached hydrogens (tertiary/aromatic N) is 1. The van der Waals surface area contributed by atoms with Gasteiger partial charge in [0, 0.05) is 34.0 Å². The van der Waals surface area contributed by atoms with Crippen molar-refractivity contribution < 1.29 is 27.8 Å². The van der Waals surface area contributed by atoms with E-state index in [0.717, 1.165) is 23.8 Å². The Balaban J connectivity index is 2.00. The minimum Gasteiger partial charge on any atom is -0.497 e. The molecule has 2 aromatic carbocycles. The first-order valence-corrected chi connectivity index (χ1v) is 10.5. The highest BCUT2D eigenvalue weighted by atomic mass is 32.2. The second kappa shape index (κ2) is 8.05. The third-order valence-electron chi connectivity index (χ3n) is 5.37. The van der Waals surface area contributed by atoms with Gasteiger partial charge in [-0.25, -0.2) is 4.79 Å². The normalized spacial score (nSPS) is 15.5. The number of aromatic nitrogens is 1. The maximum atomic E-state index is 13.4. The smallest absolute Gasteiger partial charge is 0.416 e. The van der Waals surface area contributed by atoms with E-state index in [1.807, 2.05) is 12.1 Å². The predicted molar refractivity (Wildman–Crippen MR) is 114 cm³/mol. The summed E-state index contributed by atoms with van der Waals surface area (Å²) in [5, 5.41) is 9.42. The molecule has 5 nitrogen and oxygen atoms in total. The number of hydrogen-bond donors (Lipinski definition) is 1. The number of rotatable bonds is 3. The Bertz CT molecular complexity index is 1270. The predicted octanol–water partition coefficient (Wildman–Crippen LogP) is 5.26. The van der Waals surface area contributed by atoms with Crippen LogP contribution in [-0.4, -0.2) is 22.8 Å². The Hall–Kier alpha value is -3.20. The quantitative estimate of drug-likeness (QED) is 0.576. The van der Waals surface area contributed by atoms with Crippen LogP contribution >= 0.6 is 11.8 Å². The van der Waals surface area contributed by atoms with E-state index >= 15 is 0 Å². The number of hydrogen-bond acceptors (Lipinski definition) is 4.